The van der Waals surface area contributed by atoms with Crippen LogP contribution in [0.15, 0.2) is 12.7 Å². The zero-order valence-electron chi connectivity index (χ0n) is 29.3. The first-order valence-corrected chi connectivity index (χ1v) is 18.4. The quantitative estimate of drug-likeness (QED) is 0.327. The number of halogens is 2. The molecule has 11 nitrogen and oxygen atoms in total. The van der Waals surface area contributed by atoms with E-state index in [1.165, 1.54) is 6.08 Å². The first kappa shape index (κ1) is 35.9. The highest BCUT2D eigenvalue weighted by atomic mass is 19.1. The van der Waals surface area contributed by atoms with Crippen LogP contribution in [0.25, 0.3) is 0 Å². The number of ether oxygens (including phenoxy) is 2. The smallest absolute Gasteiger partial charge is 0.320 e. The number of aliphatic hydroxyl groups is 1. The number of rotatable bonds is 5. The number of amides is 3. The summed E-state index contributed by atoms with van der Waals surface area (Å²) in [5.74, 6) is -1.49. The van der Waals surface area contributed by atoms with Gasteiger partial charge >= 0.3 is 6.03 Å². The average Bonchev–Trinajstić information content (AvgIpc) is 3.05. The van der Waals surface area contributed by atoms with Crippen molar-refractivity contribution in [2.75, 3.05) is 32.8 Å². The highest BCUT2D eigenvalue weighted by molar-refractivity contribution is 5.87. The predicted molar refractivity (Wildman–Crippen MR) is 177 cm³/mol. The van der Waals surface area contributed by atoms with Gasteiger partial charge in [0.15, 0.2) is 0 Å². The van der Waals surface area contributed by atoms with E-state index in [9.17, 15) is 14.7 Å². The maximum Gasteiger partial charge on any atom is 0.320 e. The van der Waals surface area contributed by atoms with Gasteiger partial charge in [-0.2, -0.15) is 0 Å². The van der Waals surface area contributed by atoms with Gasteiger partial charge in [0.25, 0.3) is 0 Å². The number of nitrogens with zero attached hydrogens (tertiary/aromatic N) is 3. The molecule has 1 saturated carbocycles. The summed E-state index contributed by atoms with van der Waals surface area (Å²) in [6.07, 6.45) is -2.49. The Kier molecular flexibility index (Phi) is 11.0. The molecule has 0 aromatic heterocycles. The summed E-state index contributed by atoms with van der Waals surface area (Å²) in [6, 6.07) is -1.84. The molecule has 1 aliphatic carbocycles. The van der Waals surface area contributed by atoms with Gasteiger partial charge in [-0.25, -0.2) is 13.6 Å². The molecule has 0 radical (unpaired) electrons. The largest absolute Gasteiger partial charge is 0.390 e. The zero-order chi connectivity index (χ0) is 34.4. The van der Waals surface area contributed by atoms with E-state index in [0.29, 0.717) is 51.9 Å². The minimum absolute atomic E-state index is 0.0679. The molecule has 5 aliphatic heterocycles. The normalized spacial score (nSPS) is 44.2. The molecule has 3 amide bonds. The van der Waals surface area contributed by atoms with Gasteiger partial charge in [-0.3, -0.25) is 15.0 Å². The fourth-order valence-electron chi connectivity index (χ4n) is 9.90. The molecule has 4 N–H and O–H groups in total. The summed E-state index contributed by atoms with van der Waals surface area (Å²) in [5, 5.41) is 22.7. The first-order valence-electron chi connectivity index (χ1n) is 18.4. The molecule has 0 spiro atoms. The molecule has 2 bridgehead atoms. The van der Waals surface area contributed by atoms with E-state index in [0.717, 1.165) is 0 Å². The number of aliphatic hydroxyl groups excluding tert-OH is 1. The number of fused-ring (bicyclic) bond motifs is 5. The van der Waals surface area contributed by atoms with Crippen molar-refractivity contribution in [3.8, 4) is 0 Å². The molecule has 0 aromatic carbocycles. The van der Waals surface area contributed by atoms with E-state index >= 15 is 8.78 Å². The maximum absolute atomic E-state index is 16.7. The van der Waals surface area contributed by atoms with Crippen molar-refractivity contribution in [2.45, 2.75) is 140 Å². The Morgan fingerprint density at radius 2 is 1.88 bits per heavy atom. The lowest BCUT2D eigenvalue weighted by Gasteiger charge is -2.60. The average molecular weight is 681 g/mol. The van der Waals surface area contributed by atoms with Crippen molar-refractivity contribution in [1.82, 2.24) is 30.7 Å². The number of urea groups is 1. The van der Waals surface area contributed by atoms with Crippen molar-refractivity contribution >= 4 is 11.9 Å². The fourth-order valence-corrected chi connectivity index (χ4v) is 9.90. The molecule has 0 aromatic rings. The molecule has 6 aliphatic rings. The van der Waals surface area contributed by atoms with E-state index in [1.54, 1.807) is 4.90 Å². The van der Waals surface area contributed by atoms with Gasteiger partial charge < -0.3 is 35.0 Å². The molecule has 5 saturated heterocycles. The molecule has 13 heteroatoms. The van der Waals surface area contributed by atoms with Crippen molar-refractivity contribution < 1.29 is 33.0 Å². The number of piperazine rings is 1. The second kappa shape index (κ2) is 14.8. The number of nitrogens with one attached hydrogen (secondary N) is 3. The lowest BCUT2D eigenvalue weighted by Crippen LogP contribution is -2.80. The molecule has 48 heavy (non-hydrogen) atoms. The van der Waals surface area contributed by atoms with Gasteiger partial charge in [-0.05, 0) is 71.4 Å². The predicted octanol–water partition coefficient (Wildman–Crippen LogP) is 2.39. The summed E-state index contributed by atoms with van der Waals surface area (Å²) in [7, 11) is 0. The van der Waals surface area contributed by atoms with Gasteiger partial charge in [0, 0.05) is 55.5 Å². The Balaban J connectivity index is 1.42. The monoisotopic (exact) mass is 680 g/mol. The molecule has 6 rings (SSSR count). The maximum atomic E-state index is 16.7. The Hall–Kier alpha value is -1.90. The molecular weight excluding hydrogens is 622 g/mol. The standard InChI is InChI=1S/C35H58F2N6O5/c1-7-27(44)41-13-14-42(20(6)16-41)33-22-15-24(37)30-28-23(36)9-8-10-25(28)47-17-26(48-19(4)5)32(45)21-11-12-38-29(18(2)3)31(21)43(34(22)39-30)35(46)40-33/h7,18-26,28-34,38-39,45H,1,8-17H2,2-6H3,(H,40,46)/t20-,21?,22?,23?,24?,25?,26?,28?,29?,30?,31?,32?,33?,34?/m0/s1. The van der Waals surface area contributed by atoms with Crippen LogP contribution in [0.4, 0.5) is 13.6 Å². The fraction of sp³-hybridized carbons (Fsp3) is 0.886. The molecule has 272 valence electrons. The zero-order valence-corrected chi connectivity index (χ0v) is 29.3. The third-order valence-corrected chi connectivity index (χ3v) is 12.1. The van der Waals surface area contributed by atoms with E-state index < -0.39 is 61.0 Å². The number of carbonyl (C=O) groups excluding carboxylic acids is 2. The van der Waals surface area contributed by atoms with Gasteiger partial charge in [0.2, 0.25) is 5.91 Å². The van der Waals surface area contributed by atoms with Gasteiger partial charge in [-0.15, -0.1) is 0 Å². The second-order valence-electron chi connectivity index (χ2n) is 15.7. The van der Waals surface area contributed by atoms with Crippen LogP contribution in [0.5, 0.6) is 0 Å². The molecule has 14 atom stereocenters. The number of carbonyl (C=O) groups is 2. The third-order valence-electron chi connectivity index (χ3n) is 12.1. The van der Waals surface area contributed by atoms with Gasteiger partial charge in [-0.1, -0.05) is 20.4 Å². The van der Waals surface area contributed by atoms with E-state index in [1.807, 2.05) is 25.7 Å². The second-order valence-corrected chi connectivity index (χ2v) is 15.7. The lowest BCUT2D eigenvalue weighted by molar-refractivity contribution is -0.174. The van der Waals surface area contributed by atoms with Crippen molar-refractivity contribution in [2.24, 2.45) is 23.7 Å². The number of hydrogen-bond acceptors (Lipinski definition) is 8. The SMILES string of the molecule is C=CC(=O)N1CCN(C2NC(=O)N3C4NC(C(F)CC42)C2C(F)CCCC2OCC(OC(C)C)C(O)C2CCNC(C(C)C)C23)[C@@H](C)C1. The van der Waals surface area contributed by atoms with Crippen LogP contribution in [0.1, 0.15) is 66.7 Å². The molecular formula is C35H58F2N6O5. The van der Waals surface area contributed by atoms with Crippen molar-refractivity contribution in [1.29, 1.82) is 0 Å². The molecule has 6 fully saturated rings. The van der Waals surface area contributed by atoms with Crippen LogP contribution < -0.4 is 16.0 Å². The van der Waals surface area contributed by atoms with E-state index in [4.69, 9.17) is 9.47 Å². The van der Waals surface area contributed by atoms with Crippen molar-refractivity contribution in [3.63, 3.8) is 0 Å². The van der Waals surface area contributed by atoms with Crippen LogP contribution in [-0.4, -0.2) is 138 Å². The first-order chi connectivity index (χ1) is 22.9. The van der Waals surface area contributed by atoms with E-state index in [-0.39, 0.29) is 60.9 Å². The summed E-state index contributed by atoms with van der Waals surface area (Å²) in [5.41, 5.74) is 0. The summed E-state index contributed by atoms with van der Waals surface area (Å²) in [4.78, 5) is 32.9. The highest BCUT2D eigenvalue weighted by Crippen LogP contribution is 2.44. The summed E-state index contributed by atoms with van der Waals surface area (Å²) >= 11 is 0. The van der Waals surface area contributed by atoms with Crippen LogP contribution in [-0.2, 0) is 14.3 Å². The summed E-state index contributed by atoms with van der Waals surface area (Å²) < 4.78 is 45.5. The Morgan fingerprint density at radius 1 is 1.10 bits per heavy atom. The topological polar surface area (TPSA) is 119 Å². The minimum Gasteiger partial charge on any atom is -0.390 e. The van der Waals surface area contributed by atoms with Crippen LogP contribution >= 0.6 is 0 Å². The number of alkyl halides is 2. The van der Waals surface area contributed by atoms with Crippen LogP contribution in [0.2, 0.25) is 0 Å². The molecule has 5 heterocycles. The van der Waals surface area contributed by atoms with Crippen LogP contribution in [0.3, 0.4) is 0 Å². The van der Waals surface area contributed by atoms with Crippen LogP contribution in [0, 0.1) is 23.7 Å². The minimum atomic E-state index is -1.37. The lowest BCUT2D eigenvalue weighted by atomic mass is 9.71. The van der Waals surface area contributed by atoms with Crippen molar-refractivity contribution in [3.05, 3.63) is 12.7 Å². The van der Waals surface area contributed by atoms with E-state index in [2.05, 4.69) is 41.3 Å². The molecule has 13 unspecified atom stereocenters. The van der Waals surface area contributed by atoms with Gasteiger partial charge in [0.05, 0.1) is 43.3 Å². The Labute approximate surface area is 284 Å². The summed E-state index contributed by atoms with van der Waals surface area (Å²) in [6.45, 7) is 15.9. The number of piperidine rings is 2. The Bertz CT molecular complexity index is 1170. The number of hydrogen-bond donors (Lipinski definition) is 4. The van der Waals surface area contributed by atoms with Gasteiger partial charge in [0.1, 0.15) is 18.4 Å². The highest BCUT2D eigenvalue weighted by Gasteiger charge is 2.59. The Morgan fingerprint density at radius 3 is 2.56 bits per heavy atom. The third kappa shape index (κ3) is 6.76.